The number of nitrogens with one attached hydrogen (secondary N) is 2. The van der Waals surface area contributed by atoms with Crippen LogP contribution in [0.3, 0.4) is 0 Å². The maximum absolute atomic E-state index is 12.3. The van der Waals surface area contributed by atoms with Gasteiger partial charge in [-0.3, -0.25) is 4.79 Å². The summed E-state index contributed by atoms with van der Waals surface area (Å²) in [5.41, 5.74) is 3.18. The van der Waals surface area contributed by atoms with E-state index in [1.165, 1.54) is 7.11 Å². The quantitative estimate of drug-likeness (QED) is 0.882. The van der Waals surface area contributed by atoms with Crippen molar-refractivity contribution in [2.45, 2.75) is 12.8 Å². The highest BCUT2D eigenvalue weighted by Gasteiger charge is 2.21. The van der Waals surface area contributed by atoms with E-state index in [1.54, 1.807) is 43.3 Å². The standard InChI is InChI=1S/C19H21N3O4/c1-22-15-7-5-13(10-12(15)4-9-18(22)23)20-19(24)21-14-6-8-16(25-2)17(11-14)26-3/h5-8,10-11H,4,9H2,1-3H3,(H2,20,21,24). The van der Waals surface area contributed by atoms with Crippen molar-refractivity contribution in [3.8, 4) is 11.5 Å². The number of urea groups is 1. The molecule has 3 amide bonds. The van der Waals surface area contributed by atoms with Crippen LogP contribution in [-0.4, -0.2) is 33.2 Å². The Morgan fingerprint density at radius 3 is 2.31 bits per heavy atom. The maximum atomic E-state index is 12.3. The second-order valence-corrected chi connectivity index (χ2v) is 5.95. The van der Waals surface area contributed by atoms with Gasteiger partial charge in [0.05, 0.1) is 14.2 Å². The third-order valence-electron chi connectivity index (χ3n) is 4.32. The average Bonchev–Trinajstić information content (AvgIpc) is 2.64. The van der Waals surface area contributed by atoms with Crippen molar-refractivity contribution in [2.24, 2.45) is 0 Å². The lowest BCUT2D eigenvalue weighted by molar-refractivity contribution is -0.118. The third kappa shape index (κ3) is 3.56. The van der Waals surface area contributed by atoms with E-state index in [-0.39, 0.29) is 11.9 Å². The minimum atomic E-state index is -0.364. The summed E-state index contributed by atoms with van der Waals surface area (Å²) in [5, 5.41) is 5.57. The fourth-order valence-electron chi connectivity index (χ4n) is 2.94. The zero-order valence-corrected chi connectivity index (χ0v) is 15.0. The van der Waals surface area contributed by atoms with Gasteiger partial charge in [-0.15, -0.1) is 0 Å². The van der Waals surface area contributed by atoms with Gasteiger partial charge in [0, 0.05) is 36.6 Å². The van der Waals surface area contributed by atoms with Crippen LogP contribution in [0.1, 0.15) is 12.0 Å². The Labute approximate surface area is 151 Å². The number of carbonyl (C=O) groups excluding carboxylic acids is 2. The van der Waals surface area contributed by atoms with Crippen LogP contribution in [-0.2, 0) is 11.2 Å². The Morgan fingerprint density at radius 1 is 0.962 bits per heavy atom. The summed E-state index contributed by atoms with van der Waals surface area (Å²) in [6.45, 7) is 0. The van der Waals surface area contributed by atoms with Crippen LogP contribution < -0.4 is 25.0 Å². The molecule has 0 aromatic heterocycles. The number of nitrogens with zero attached hydrogens (tertiary/aromatic N) is 1. The minimum Gasteiger partial charge on any atom is -0.493 e. The molecule has 0 spiro atoms. The molecule has 3 rings (SSSR count). The highest BCUT2D eigenvalue weighted by molar-refractivity contribution is 6.01. The van der Waals surface area contributed by atoms with Crippen LogP contribution in [0.25, 0.3) is 0 Å². The van der Waals surface area contributed by atoms with Crippen LogP contribution in [0.5, 0.6) is 11.5 Å². The van der Waals surface area contributed by atoms with E-state index in [0.29, 0.717) is 35.7 Å². The summed E-state index contributed by atoms with van der Waals surface area (Å²) >= 11 is 0. The molecule has 2 N–H and O–H groups in total. The molecule has 0 atom stereocenters. The van der Waals surface area contributed by atoms with Crippen LogP contribution in [0.4, 0.5) is 21.9 Å². The van der Waals surface area contributed by atoms with E-state index in [0.717, 1.165) is 11.3 Å². The van der Waals surface area contributed by atoms with Gasteiger partial charge in [0.1, 0.15) is 0 Å². The fraction of sp³-hybridized carbons (Fsp3) is 0.263. The van der Waals surface area contributed by atoms with Gasteiger partial charge in [-0.1, -0.05) is 0 Å². The number of fused-ring (bicyclic) bond motifs is 1. The van der Waals surface area contributed by atoms with E-state index >= 15 is 0 Å². The molecule has 2 aromatic rings. The van der Waals surface area contributed by atoms with Crippen LogP contribution in [0.15, 0.2) is 36.4 Å². The SMILES string of the molecule is COc1ccc(NC(=O)Nc2ccc3c(c2)CCC(=O)N3C)cc1OC. The molecule has 2 aromatic carbocycles. The van der Waals surface area contributed by atoms with Crippen LogP contribution in [0.2, 0.25) is 0 Å². The molecule has 0 bridgehead atoms. The molecule has 7 heteroatoms. The zero-order valence-electron chi connectivity index (χ0n) is 15.0. The van der Waals surface area contributed by atoms with E-state index in [9.17, 15) is 9.59 Å². The number of methoxy groups -OCH3 is 2. The number of carbonyl (C=O) groups is 2. The topological polar surface area (TPSA) is 79.9 Å². The van der Waals surface area contributed by atoms with E-state index < -0.39 is 0 Å². The molecule has 0 radical (unpaired) electrons. The summed E-state index contributed by atoms with van der Waals surface area (Å²) in [5.74, 6) is 1.23. The first kappa shape index (κ1) is 17.6. The van der Waals surface area contributed by atoms with Gasteiger partial charge < -0.3 is 25.0 Å². The Morgan fingerprint density at radius 2 is 1.62 bits per heavy atom. The number of rotatable bonds is 4. The van der Waals surface area contributed by atoms with Gasteiger partial charge in [-0.05, 0) is 42.3 Å². The molecule has 136 valence electrons. The summed E-state index contributed by atoms with van der Waals surface area (Å²) in [6.07, 6.45) is 1.15. The Bertz CT molecular complexity index is 851. The molecule has 0 aliphatic carbocycles. The second kappa shape index (κ2) is 7.35. The second-order valence-electron chi connectivity index (χ2n) is 5.95. The van der Waals surface area contributed by atoms with Crippen molar-refractivity contribution in [1.29, 1.82) is 0 Å². The molecule has 0 unspecified atom stereocenters. The zero-order chi connectivity index (χ0) is 18.7. The number of benzene rings is 2. The monoisotopic (exact) mass is 355 g/mol. The van der Waals surface area contributed by atoms with Crippen molar-refractivity contribution >= 4 is 29.0 Å². The van der Waals surface area contributed by atoms with Gasteiger partial charge in [-0.25, -0.2) is 4.79 Å². The molecule has 0 saturated carbocycles. The predicted octanol–water partition coefficient (Wildman–Crippen LogP) is 3.26. The minimum absolute atomic E-state index is 0.101. The summed E-state index contributed by atoms with van der Waals surface area (Å²) in [4.78, 5) is 25.7. The Balaban J connectivity index is 1.70. The van der Waals surface area contributed by atoms with E-state index in [2.05, 4.69) is 10.6 Å². The number of ether oxygens (including phenoxy) is 2. The maximum Gasteiger partial charge on any atom is 0.323 e. The lowest BCUT2D eigenvalue weighted by Crippen LogP contribution is -2.31. The van der Waals surface area contributed by atoms with Crippen molar-refractivity contribution in [2.75, 3.05) is 36.8 Å². The number of hydrogen-bond donors (Lipinski definition) is 2. The largest absolute Gasteiger partial charge is 0.493 e. The molecule has 1 aliphatic heterocycles. The van der Waals surface area contributed by atoms with E-state index in [1.807, 2.05) is 12.1 Å². The average molecular weight is 355 g/mol. The van der Waals surface area contributed by atoms with Crippen LogP contribution in [0, 0.1) is 0 Å². The molecular formula is C19H21N3O4. The molecule has 1 heterocycles. The van der Waals surface area contributed by atoms with E-state index in [4.69, 9.17) is 9.47 Å². The third-order valence-corrected chi connectivity index (χ3v) is 4.32. The fourth-order valence-corrected chi connectivity index (χ4v) is 2.94. The highest BCUT2D eigenvalue weighted by Crippen LogP contribution is 2.31. The number of anilines is 3. The lowest BCUT2D eigenvalue weighted by atomic mass is 10.0. The number of aryl methyl sites for hydroxylation is 1. The molecule has 0 fully saturated rings. The number of hydrogen-bond acceptors (Lipinski definition) is 4. The van der Waals surface area contributed by atoms with Crippen molar-refractivity contribution in [3.63, 3.8) is 0 Å². The Kier molecular flexibility index (Phi) is 4.97. The summed E-state index contributed by atoms with van der Waals surface area (Å²) < 4.78 is 10.4. The van der Waals surface area contributed by atoms with Crippen molar-refractivity contribution in [1.82, 2.24) is 0 Å². The van der Waals surface area contributed by atoms with Gasteiger partial charge in [0.2, 0.25) is 5.91 Å². The highest BCUT2D eigenvalue weighted by atomic mass is 16.5. The van der Waals surface area contributed by atoms with Crippen molar-refractivity contribution in [3.05, 3.63) is 42.0 Å². The predicted molar refractivity (Wildman–Crippen MR) is 100 cm³/mol. The van der Waals surface area contributed by atoms with Crippen molar-refractivity contribution < 1.29 is 19.1 Å². The molecule has 1 aliphatic rings. The molecular weight excluding hydrogens is 334 g/mol. The summed E-state index contributed by atoms with van der Waals surface area (Å²) in [7, 11) is 4.85. The normalized spacial score (nSPS) is 13.0. The van der Waals surface area contributed by atoms with Gasteiger partial charge in [0.15, 0.2) is 11.5 Å². The van der Waals surface area contributed by atoms with Gasteiger partial charge in [-0.2, -0.15) is 0 Å². The van der Waals surface area contributed by atoms with Crippen LogP contribution >= 0.6 is 0 Å². The summed E-state index contributed by atoms with van der Waals surface area (Å²) in [6, 6.07) is 10.3. The lowest BCUT2D eigenvalue weighted by Gasteiger charge is -2.26. The first-order chi connectivity index (χ1) is 12.5. The number of amides is 3. The first-order valence-corrected chi connectivity index (χ1v) is 8.21. The molecule has 26 heavy (non-hydrogen) atoms. The first-order valence-electron chi connectivity index (χ1n) is 8.21. The van der Waals surface area contributed by atoms with Gasteiger partial charge >= 0.3 is 6.03 Å². The van der Waals surface area contributed by atoms with Gasteiger partial charge in [0.25, 0.3) is 0 Å². The molecule has 0 saturated heterocycles. The molecule has 7 nitrogen and oxygen atoms in total. The smallest absolute Gasteiger partial charge is 0.323 e. The Hall–Kier alpha value is -3.22.